The second-order valence-corrected chi connectivity index (χ2v) is 8.55. The lowest BCUT2D eigenvalue weighted by Crippen LogP contribution is -2.31. The van der Waals surface area contributed by atoms with Gasteiger partial charge in [0.1, 0.15) is 11.7 Å². The van der Waals surface area contributed by atoms with Gasteiger partial charge in [-0.3, -0.25) is 14.9 Å². The predicted molar refractivity (Wildman–Crippen MR) is 136 cm³/mol. The molecule has 0 aliphatic heterocycles. The van der Waals surface area contributed by atoms with Crippen molar-refractivity contribution in [2.75, 3.05) is 23.1 Å². The lowest BCUT2D eigenvalue weighted by molar-refractivity contribution is -0.114. The minimum Gasteiger partial charge on any atom is -0.354 e. The first-order valence-electron chi connectivity index (χ1n) is 10.5. The Morgan fingerprint density at radius 3 is 2.44 bits per heavy atom. The topological polar surface area (TPSA) is 97.8 Å². The predicted octanol–water partition coefficient (Wildman–Crippen LogP) is 4.90. The Kier molecular flexibility index (Phi) is 9.52. The molecule has 0 bridgehead atoms. The largest absolute Gasteiger partial charge is 0.354 e. The van der Waals surface area contributed by atoms with Gasteiger partial charge in [0.25, 0.3) is 0 Å². The van der Waals surface area contributed by atoms with Crippen molar-refractivity contribution in [3.8, 4) is 0 Å². The molecule has 9 heteroatoms. The van der Waals surface area contributed by atoms with Crippen molar-refractivity contribution in [3.05, 3.63) is 47.4 Å². The van der Waals surface area contributed by atoms with Crippen LogP contribution in [0.3, 0.4) is 0 Å². The van der Waals surface area contributed by atoms with Gasteiger partial charge in [0, 0.05) is 47.4 Å². The van der Waals surface area contributed by atoms with Gasteiger partial charge < -0.3 is 15.5 Å². The molecule has 0 spiro atoms. The van der Waals surface area contributed by atoms with Crippen molar-refractivity contribution in [3.63, 3.8) is 0 Å². The van der Waals surface area contributed by atoms with Crippen molar-refractivity contribution >= 4 is 41.7 Å². The summed E-state index contributed by atoms with van der Waals surface area (Å²) in [5, 5.41) is 13.3. The third-order valence-corrected chi connectivity index (χ3v) is 5.52. The number of thioether (sulfide) groups is 1. The van der Waals surface area contributed by atoms with E-state index in [4.69, 9.17) is 4.99 Å². The molecule has 0 aliphatic rings. The number of hydrogen-bond donors (Lipinski definition) is 3. The van der Waals surface area contributed by atoms with Gasteiger partial charge in [0.2, 0.25) is 5.91 Å². The van der Waals surface area contributed by atoms with E-state index in [1.807, 2.05) is 44.2 Å². The lowest BCUT2D eigenvalue weighted by Gasteiger charge is -2.29. The molecule has 0 fully saturated rings. The molecule has 0 aliphatic carbocycles. The average Bonchev–Trinajstić information content (AvgIpc) is 3.16. The molecule has 2 rings (SSSR count). The molecule has 8 nitrogen and oxygen atoms in total. The Hall–Kier alpha value is -3.07. The Labute approximate surface area is 194 Å². The number of carbonyl (C=O) groups is 1. The van der Waals surface area contributed by atoms with Crippen LogP contribution >= 0.6 is 11.8 Å². The van der Waals surface area contributed by atoms with Gasteiger partial charge >= 0.3 is 0 Å². The number of anilines is 2. The highest BCUT2D eigenvalue weighted by Crippen LogP contribution is 2.22. The van der Waals surface area contributed by atoms with Gasteiger partial charge in [-0.05, 0) is 65.6 Å². The fourth-order valence-corrected chi connectivity index (χ4v) is 3.83. The first-order valence-corrected chi connectivity index (χ1v) is 11.5. The third kappa shape index (κ3) is 7.26. The third-order valence-electron chi connectivity index (χ3n) is 4.66. The van der Waals surface area contributed by atoms with Crippen molar-refractivity contribution < 1.29 is 4.79 Å². The number of amides is 1. The molecular formula is C23H33N7OS. The standard InChI is InChI=1S/C23H33N7OS/c1-8-30(15(2)3)23(24-7)17(5)22(27-21-13-16(4)28-29-21)25-14-32-20-11-9-19(10-12-20)26-18(6)31/h9-13,15H,7-8,14H2,1-6H3,(H,26,31)(H2,25,27,28,29)/b23-17+. The van der Waals surface area contributed by atoms with Gasteiger partial charge in [0.05, 0.1) is 5.88 Å². The van der Waals surface area contributed by atoms with Crippen LogP contribution in [0.1, 0.15) is 40.3 Å². The van der Waals surface area contributed by atoms with Gasteiger partial charge in [-0.15, -0.1) is 11.8 Å². The number of hydrogen-bond acceptors (Lipinski definition) is 6. The molecule has 0 saturated heterocycles. The van der Waals surface area contributed by atoms with E-state index in [-0.39, 0.29) is 11.9 Å². The number of aromatic nitrogens is 2. The van der Waals surface area contributed by atoms with Gasteiger partial charge in [0.15, 0.2) is 5.82 Å². The van der Waals surface area contributed by atoms with Crippen LogP contribution in [0.2, 0.25) is 0 Å². The summed E-state index contributed by atoms with van der Waals surface area (Å²) in [4.78, 5) is 23.5. The van der Waals surface area contributed by atoms with Crippen molar-refractivity contribution in [2.45, 2.75) is 52.5 Å². The van der Waals surface area contributed by atoms with Crippen molar-refractivity contribution in [2.24, 2.45) is 9.98 Å². The zero-order chi connectivity index (χ0) is 23.7. The number of H-pyrrole nitrogens is 1. The fraction of sp³-hybridized carbons (Fsp3) is 0.391. The van der Waals surface area contributed by atoms with E-state index in [1.165, 1.54) is 6.92 Å². The number of nitrogens with one attached hydrogen (secondary N) is 3. The molecule has 172 valence electrons. The van der Waals surface area contributed by atoms with Gasteiger partial charge in [-0.25, -0.2) is 4.99 Å². The quantitative estimate of drug-likeness (QED) is 0.269. The molecule has 2 aromatic rings. The summed E-state index contributed by atoms with van der Waals surface area (Å²) < 4.78 is 0. The zero-order valence-corrected chi connectivity index (χ0v) is 20.5. The van der Waals surface area contributed by atoms with E-state index in [9.17, 15) is 4.79 Å². The number of amidine groups is 1. The summed E-state index contributed by atoms with van der Waals surface area (Å²) in [6, 6.07) is 9.90. The molecule has 1 amide bonds. The SMILES string of the molecule is C=N/C(=C(C)\C(=N/CSc1ccc(NC(C)=O)cc1)Nc1cc(C)[nH]n1)N(CC)C(C)C. The van der Waals surface area contributed by atoms with Crippen LogP contribution in [-0.2, 0) is 4.79 Å². The summed E-state index contributed by atoms with van der Waals surface area (Å²) in [6.07, 6.45) is 0. The second kappa shape index (κ2) is 12.1. The number of aromatic amines is 1. The monoisotopic (exact) mass is 455 g/mol. The molecule has 0 saturated carbocycles. The fourth-order valence-electron chi connectivity index (χ4n) is 3.15. The molecule has 3 N–H and O–H groups in total. The minimum absolute atomic E-state index is 0.0873. The van der Waals surface area contributed by atoms with Crippen LogP contribution in [0.25, 0.3) is 0 Å². The van der Waals surface area contributed by atoms with Crippen LogP contribution in [0, 0.1) is 6.92 Å². The number of benzene rings is 1. The molecule has 0 unspecified atom stereocenters. The second-order valence-electron chi connectivity index (χ2n) is 7.53. The number of rotatable bonds is 10. The molecule has 1 aromatic carbocycles. The summed E-state index contributed by atoms with van der Waals surface area (Å²) in [5.41, 5.74) is 2.63. The first kappa shape index (κ1) is 25.2. The van der Waals surface area contributed by atoms with E-state index < -0.39 is 0 Å². The molecule has 0 radical (unpaired) electrons. The average molecular weight is 456 g/mol. The highest BCUT2D eigenvalue weighted by molar-refractivity contribution is 7.99. The Morgan fingerprint density at radius 2 is 1.94 bits per heavy atom. The molecule has 1 heterocycles. The smallest absolute Gasteiger partial charge is 0.221 e. The normalized spacial score (nSPS) is 12.4. The molecule has 1 aromatic heterocycles. The van der Waals surface area contributed by atoms with E-state index in [0.717, 1.165) is 34.2 Å². The maximum absolute atomic E-state index is 11.2. The van der Waals surface area contributed by atoms with Crippen molar-refractivity contribution in [1.29, 1.82) is 0 Å². The molecule has 32 heavy (non-hydrogen) atoms. The summed E-state index contributed by atoms with van der Waals surface area (Å²) in [7, 11) is 0. The van der Waals surface area contributed by atoms with Crippen LogP contribution in [-0.4, -0.2) is 52.0 Å². The van der Waals surface area contributed by atoms with Crippen LogP contribution in [0.5, 0.6) is 0 Å². The summed E-state index contributed by atoms with van der Waals surface area (Å²) in [5.74, 6) is 2.60. The van der Waals surface area contributed by atoms with Crippen LogP contribution < -0.4 is 10.6 Å². The van der Waals surface area contributed by atoms with Crippen LogP contribution in [0.4, 0.5) is 11.5 Å². The van der Waals surface area contributed by atoms with E-state index in [1.54, 1.807) is 11.8 Å². The zero-order valence-electron chi connectivity index (χ0n) is 19.7. The number of carbonyl (C=O) groups excluding carboxylic acids is 1. The maximum atomic E-state index is 11.2. The lowest BCUT2D eigenvalue weighted by atomic mass is 10.2. The minimum atomic E-state index is -0.0873. The Balaban J connectivity index is 2.27. The number of nitrogens with zero attached hydrogens (tertiary/aromatic N) is 4. The molecular weight excluding hydrogens is 422 g/mol. The van der Waals surface area contributed by atoms with Gasteiger partial charge in [-0.1, -0.05) is 0 Å². The number of aryl methyl sites for hydroxylation is 1. The number of aliphatic imine (C=N–C) groups is 2. The van der Waals surface area contributed by atoms with Crippen LogP contribution in [0.15, 0.2) is 56.6 Å². The van der Waals surface area contributed by atoms with E-state index in [2.05, 4.69) is 58.2 Å². The van der Waals surface area contributed by atoms with Crippen molar-refractivity contribution in [1.82, 2.24) is 15.1 Å². The summed E-state index contributed by atoms with van der Waals surface area (Å²) >= 11 is 1.60. The summed E-state index contributed by atoms with van der Waals surface area (Å²) in [6.45, 7) is 16.4. The maximum Gasteiger partial charge on any atom is 0.221 e. The Morgan fingerprint density at radius 1 is 1.25 bits per heavy atom. The first-order chi connectivity index (χ1) is 15.2. The van der Waals surface area contributed by atoms with Gasteiger partial charge in [-0.2, -0.15) is 5.10 Å². The highest BCUT2D eigenvalue weighted by Gasteiger charge is 2.17. The highest BCUT2D eigenvalue weighted by atomic mass is 32.2. The van der Waals surface area contributed by atoms with E-state index in [0.29, 0.717) is 17.5 Å². The molecule has 0 atom stereocenters. The van der Waals surface area contributed by atoms with E-state index >= 15 is 0 Å². The Bertz CT molecular complexity index is 976.